The Kier molecular flexibility index (Phi) is 11.8. The van der Waals surface area contributed by atoms with Crippen molar-refractivity contribution in [3.8, 4) is 34.1 Å². The highest BCUT2D eigenvalue weighted by Crippen LogP contribution is 2.56. The fraction of sp³-hybridized carbons (Fsp3) is 0.500. The highest BCUT2D eigenvalue weighted by molar-refractivity contribution is 6.31. The first-order chi connectivity index (χ1) is 23.8. The summed E-state index contributed by atoms with van der Waals surface area (Å²) >= 11 is 0. The van der Waals surface area contributed by atoms with Crippen LogP contribution in [0.2, 0.25) is 0 Å². The molecule has 2 aliphatic rings. The number of aromatic hydroxyl groups is 1. The maximum absolute atomic E-state index is 13.8. The van der Waals surface area contributed by atoms with Crippen LogP contribution < -0.4 is 14.2 Å². The first-order valence-corrected chi connectivity index (χ1v) is 18.7. The van der Waals surface area contributed by atoms with Gasteiger partial charge in [-0.05, 0) is 125 Å². The number of fused-ring (bicyclic) bond motifs is 3. The van der Waals surface area contributed by atoms with E-state index < -0.39 is 11.9 Å². The zero-order chi connectivity index (χ0) is 36.2. The second kappa shape index (κ2) is 15.9. The van der Waals surface area contributed by atoms with E-state index in [0.29, 0.717) is 29.2 Å². The molecule has 1 aliphatic carbocycles. The van der Waals surface area contributed by atoms with Gasteiger partial charge in [0.1, 0.15) is 28.6 Å². The van der Waals surface area contributed by atoms with E-state index in [2.05, 4.69) is 47.3 Å². The van der Waals surface area contributed by atoms with Crippen LogP contribution in [0.15, 0.2) is 49.0 Å². The van der Waals surface area contributed by atoms with Crippen LogP contribution in [0, 0.1) is 18.8 Å². The molecule has 0 unspecified atom stereocenters. The molecule has 3 atom stereocenters. The Bertz CT molecular complexity index is 1730. The number of benzene rings is 3. The van der Waals surface area contributed by atoms with E-state index in [-0.39, 0.29) is 28.9 Å². The summed E-state index contributed by atoms with van der Waals surface area (Å²) in [5, 5.41) is 11.4. The zero-order valence-electron chi connectivity index (χ0n) is 31.2. The lowest BCUT2D eigenvalue weighted by Crippen LogP contribution is -2.47. The minimum absolute atomic E-state index is 0.0191. The molecular weight excluding hydrogens is 624 g/mol. The second-order valence-corrected chi connectivity index (χ2v) is 15.4. The molecule has 50 heavy (non-hydrogen) atoms. The molecule has 0 spiro atoms. The number of phenols is 1. The van der Waals surface area contributed by atoms with Gasteiger partial charge >= 0.3 is 11.9 Å². The number of ether oxygens (including phenoxy) is 3. The molecule has 0 saturated heterocycles. The third-order valence-corrected chi connectivity index (χ3v) is 10.7. The van der Waals surface area contributed by atoms with Crippen molar-refractivity contribution in [2.24, 2.45) is 11.8 Å². The standard InChI is InChI=1S/C44H56O6/c1-9-11-13-15-30-23-36(45)40(33-21-28(5)17-19-32(33)27(3)4)37(24-30)48-42(46)43(47)49-38-25-31(16-14-12-10-2)26-39-41(38)34-22-29(6)18-20-35(34)44(7,8)50-39/h17,19,21,23-26,29,34-35,45H,3,9-16,18,20,22H2,1-2,4-8H3/t29-,34-,35-/m1/s1. The normalized spacial score (nSPS) is 19.1. The highest BCUT2D eigenvalue weighted by atomic mass is 16.6. The molecule has 3 aromatic rings. The van der Waals surface area contributed by atoms with Gasteiger partial charge in [0.2, 0.25) is 0 Å². The first kappa shape index (κ1) is 37.2. The van der Waals surface area contributed by atoms with E-state index in [1.165, 1.54) is 0 Å². The Balaban J connectivity index is 1.52. The van der Waals surface area contributed by atoms with Crippen LogP contribution in [0.25, 0.3) is 16.7 Å². The fourth-order valence-electron chi connectivity index (χ4n) is 8.06. The van der Waals surface area contributed by atoms with E-state index >= 15 is 0 Å². The van der Waals surface area contributed by atoms with Crippen LogP contribution in [0.4, 0.5) is 0 Å². The van der Waals surface area contributed by atoms with Crippen molar-refractivity contribution in [1.29, 1.82) is 0 Å². The minimum Gasteiger partial charge on any atom is -0.507 e. The van der Waals surface area contributed by atoms with Crippen molar-refractivity contribution in [3.05, 3.63) is 76.9 Å². The zero-order valence-corrected chi connectivity index (χ0v) is 31.2. The van der Waals surface area contributed by atoms with Crippen molar-refractivity contribution in [3.63, 3.8) is 0 Å². The number of hydrogen-bond acceptors (Lipinski definition) is 6. The Hall–Kier alpha value is -4.06. The summed E-state index contributed by atoms with van der Waals surface area (Å²) in [6, 6.07) is 13.4. The van der Waals surface area contributed by atoms with Crippen LogP contribution in [-0.4, -0.2) is 22.6 Å². The van der Waals surface area contributed by atoms with Gasteiger partial charge in [-0.25, -0.2) is 9.59 Å². The molecule has 0 amide bonds. The number of phenolic OH excluding ortho intramolecular Hbond substituents is 1. The quantitative estimate of drug-likeness (QED) is 0.0887. The van der Waals surface area contributed by atoms with Crippen LogP contribution in [0.5, 0.6) is 23.0 Å². The van der Waals surface area contributed by atoms with Crippen LogP contribution in [-0.2, 0) is 22.4 Å². The van der Waals surface area contributed by atoms with Crippen LogP contribution in [0.3, 0.4) is 0 Å². The van der Waals surface area contributed by atoms with Gasteiger partial charge in [-0.1, -0.05) is 88.8 Å². The third-order valence-electron chi connectivity index (χ3n) is 10.7. The van der Waals surface area contributed by atoms with Gasteiger partial charge in [0.25, 0.3) is 0 Å². The number of unbranched alkanes of at least 4 members (excludes halogenated alkanes) is 4. The van der Waals surface area contributed by atoms with Gasteiger partial charge in [0, 0.05) is 11.5 Å². The molecular formula is C44H56O6. The summed E-state index contributed by atoms with van der Waals surface area (Å²) in [4.78, 5) is 27.5. The third kappa shape index (κ3) is 8.28. The Labute approximate surface area is 299 Å². The largest absolute Gasteiger partial charge is 0.507 e. The smallest absolute Gasteiger partial charge is 0.423 e. The van der Waals surface area contributed by atoms with Crippen LogP contribution in [0.1, 0.15) is 133 Å². The van der Waals surface area contributed by atoms with E-state index in [0.717, 1.165) is 103 Å². The topological polar surface area (TPSA) is 82.1 Å². The first-order valence-electron chi connectivity index (χ1n) is 18.7. The predicted molar refractivity (Wildman–Crippen MR) is 201 cm³/mol. The summed E-state index contributed by atoms with van der Waals surface area (Å²) in [5.41, 5.74) is 5.97. The summed E-state index contributed by atoms with van der Waals surface area (Å²) < 4.78 is 18.6. The Morgan fingerprint density at radius 3 is 2.16 bits per heavy atom. The van der Waals surface area contributed by atoms with Gasteiger partial charge in [0.15, 0.2) is 0 Å². The lowest BCUT2D eigenvalue weighted by Gasteiger charge is -2.49. The molecule has 6 heteroatoms. The lowest BCUT2D eigenvalue weighted by atomic mass is 9.64. The maximum atomic E-state index is 13.8. The van der Waals surface area contributed by atoms with Gasteiger partial charge < -0.3 is 19.3 Å². The van der Waals surface area contributed by atoms with Crippen LogP contribution >= 0.6 is 0 Å². The van der Waals surface area contributed by atoms with Gasteiger partial charge in [-0.15, -0.1) is 0 Å². The van der Waals surface area contributed by atoms with E-state index in [4.69, 9.17) is 14.2 Å². The molecule has 1 fully saturated rings. The predicted octanol–water partition coefficient (Wildman–Crippen LogP) is 11.1. The molecule has 1 N–H and O–H groups in total. The molecule has 6 nitrogen and oxygen atoms in total. The average Bonchev–Trinajstić information content (AvgIpc) is 3.04. The van der Waals surface area contributed by atoms with Gasteiger partial charge in [-0.3, -0.25) is 0 Å². The van der Waals surface area contributed by atoms with Crippen molar-refractivity contribution in [2.75, 3.05) is 0 Å². The lowest BCUT2D eigenvalue weighted by molar-refractivity contribution is -0.156. The minimum atomic E-state index is -1.14. The number of carbonyl (C=O) groups excluding carboxylic acids is 2. The van der Waals surface area contributed by atoms with Crippen molar-refractivity contribution in [2.45, 2.75) is 131 Å². The van der Waals surface area contributed by atoms with E-state index in [9.17, 15) is 14.7 Å². The maximum Gasteiger partial charge on any atom is 0.423 e. The monoisotopic (exact) mass is 680 g/mol. The molecule has 3 aromatic carbocycles. The molecule has 0 aromatic heterocycles. The Morgan fingerprint density at radius 2 is 1.52 bits per heavy atom. The SMILES string of the molecule is C=C(C)c1ccc(C)cc1-c1c(O)cc(CCCCC)cc1OC(=O)C(=O)Oc1cc(CCCCC)cc2c1[C@@H]1C[C@H](C)CC[C@H]1C(C)(C)O2. The summed E-state index contributed by atoms with van der Waals surface area (Å²) in [5.74, 6) is -0.0827. The van der Waals surface area contributed by atoms with Crippen molar-refractivity contribution < 1.29 is 28.9 Å². The molecule has 1 saturated carbocycles. The van der Waals surface area contributed by atoms with E-state index in [1.807, 2.05) is 38.1 Å². The van der Waals surface area contributed by atoms with Gasteiger partial charge in [0.05, 0.1) is 5.56 Å². The number of allylic oxidation sites excluding steroid dienone is 1. The Morgan fingerprint density at radius 1 is 0.900 bits per heavy atom. The van der Waals surface area contributed by atoms with Crippen molar-refractivity contribution in [1.82, 2.24) is 0 Å². The number of esters is 2. The summed E-state index contributed by atoms with van der Waals surface area (Å²) in [6.07, 6.45) is 10.8. The molecule has 1 aliphatic heterocycles. The van der Waals surface area contributed by atoms with E-state index in [1.54, 1.807) is 12.1 Å². The molecule has 0 radical (unpaired) electrons. The number of rotatable bonds is 12. The van der Waals surface area contributed by atoms with Gasteiger partial charge in [-0.2, -0.15) is 0 Å². The molecule has 0 bridgehead atoms. The number of aryl methyl sites for hydroxylation is 3. The summed E-state index contributed by atoms with van der Waals surface area (Å²) in [6.45, 7) is 18.9. The average molecular weight is 681 g/mol. The number of hydrogen-bond donors (Lipinski definition) is 1. The number of carbonyl (C=O) groups is 2. The highest BCUT2D eigenvalue weighted by Gasteiger charge is 2.47. The molecule has 1 heterocycles. The fourth-order valence-corrected chi connectivity index (χ4v) is 8.06. The summed E-state index contributed by atoms with van der Waals surface area (Å²) in [7, 11) is 0. The second-order valence-electron chi connectivity index (χ2n) is 15.4. The van der Waals surface area contributed by atoms with Crippen molar-refractivity contribution >= 4 is 17.5 Å². The molecule has 268 valence electrons. The molecule has 5 rings (SSSR count).